The predicted octanol–water partition coefficient (Wildman–Crippen LogP) is 3.13. The number of carbonyl (C=O) groups excluding carboxylic acids is 2. The molecule has 2 saturated carbocycles. The summed E-state index contributed by atoms with van der Waals surface area (Å²) in [4.78, 5) is 27.5. The van der Waals surface area contributed by atoms with E-state index >= 15 is 0 Å². The first-order valence-electron chi connectivity index (χ1n) is 8.38. The highest BCUT2D eigenvalue weighted by Gasteiger charge is 2.54. The number of likely N-dealkylation sites (tertiary alicyclic amines) is 1. The van der Waals surface area contributed by atoms with E-state index in [1.807, 2.05) is 25.7 Å². The largest absolute Gasteiger partial charge is 0.460 e. The van der Waals surface area contributed by atoms with E-state index in [1.54, 1.807) is 0 Å². The standard InChI is InChI=1S/C17H26BrNO3/c1-16(2,3)22-15(21)12-5-4-11(12)14(20)19-8-6-17(7-9-19)10-13(17)18/h11-13H,4-10H2,1-3H3/t11-,12-,13?/m1/s1. The van der Waals surface area contributed by atoms with E-state index in [2.05, 4.69) is 15.9 Å². The lowest BCUT2D eigenvalue weighted by molar-refractivity contribution is -0.171. The Labute approximate surface area is 141 Å². The molecule has 1 spiro atoms. The molecule has 0 N–H and O–H groups in total. The molecule has 3 rings (SSSR count). The number of amides is 1. The highest BCUT2D eigenvalue weighted by Crippen LogP contribution is 2.58. The topological polar surface area (TPSA) is 46.6 Å². The molecule has 1 aliphatic heterocycles. The Balaban J connectivity index is 1.53. The van der Waals surface area contributed by atoms with Gasteiger partial charge >= 0.3 is 5.97 Å². The minimum absolute atomic E-state index is 0.150. The van der Waals surface area contributed by atoms with Crippen molar-refractivity contribution in [2.45, 2.75) is 63.3 Å². The van der Waals surface area contributed by atoms with Crippen LogP contribution < -0.4 is 0 Å². The Kier molecular flexibility index (Phi) is 4.07. The van der Waals surface area contributed by atoms with Crippen LogP contribution in [-0.4, -0.2) is 40.3 Å². The fourth-order valence-electron chi connectivity index (χ4n) is 3.68. The normalized spacial score (nSPS) is 33.3. The maximum atomic E-state index is 12.7. The number of hydrogen-bond acceptors (Lipinski definition) is 3. The Morgan fingerprint density at radius 1 is 1.14 bits per heavy atom. The second-order valence-corrected chi connectivity index (χ2v) is 9.29. The molecule has 5 heteroatoms. The van der Waals surface area contributed by atoms with Crippen LogP contribution in [0.2, 0.25) is 0 Å². The van der Waals surface area contributed by atoms with Gasteiger partial charge in [0.15, 0.2) is 0 Å². The lowest BCUT2D eigenvalue weighted by Gasteiger charge is -2.40. The average molecular weight is 372 g/mol. The van der Waals surface area contributed by atoms with Crippen molar-refractivity contribution in [1.29, 1.82) is 0 Å². The third-order valence-electron chi connectivity index (χ3n) is 5.46. The molecular weight excluding hydrogens is 346 g/mol. The van der Waals surface area contributed by atoms with Gasteiger partial charge in [-0.25, -0.2) is 0 Å². The molecule has 0 radical (unpaired) electrons. The molecule has 124 valence electrons. The molecule has 3 aliphatic rings. The first kappa shape index (κ1) is 16.3. The Morgan fingerprint density at radius 3 is 2.09 bits per heavy atom. The van der Waals surface area contributed by atoms with Gasteiger partial charge in [0.05, 0.1) is 11.8 Å². The zero-order chi connectivity index (χ0) is 16.1. The molecule has 1 heterocycles. The molecule has 22 heavy (non-hydrogen) atoms. The summed E-state index contributed by atoms with van der Waals surface area (Å²) < 4.78 is 5.45. The van der Waals surface area contributed by atoms with Crippen molar-refractivity contribution in [1.82, 2.24) is 4.90 Å². The Hall–Kier alpha value is -0.580. The molecule has 2 aliphatic carbocycles. The number of halogens is 1. The van der Waals surface area contributed by atoms with Gasteiger partial charge in [-0.1, -0.05) is 15.9 Å². The number of piperidine rings is 1. The molecule has 1 saturated heterocycles. The molecular formula is C17H26BrNO3. The summed E-state index contributed by atoms with van der Waals surface area (Å²) in [7, 11) is 0. The minimum atomic E-state index is -0.478. The van der Waals surface area contributed by atoms with E-state index in [-0.39, 0.29) is 23.7 Å². The van der Waals surface area contributed by atoms with Gasteiger partial charge in [0, 0.05) is 17.9 Å². The van der Waals surface area contributed by atoms with E-state index < -0.39 is 5.60 Å². The van der Waals surface area contributed by atoms with Crippen molar-refractivity contribution < 1.29 is 14.3 Å². The van der Waals surface area contributed by atoms with Crippen LogP contribution in [0.15, 0.2) is 0 Å². The average Bonchev–Trinajstić information content (AvgIpc) is 2.95. The first-order valence-corrected chi connectivity index (χ1v) is 9.29. The Morgan fingerprint density at radius 2 is 1.68 bits per heavy atom. The highest BCUT2D eigenvalue weighted by molar-refractivity contribution is 9.09. The lowest BCUT2D eigenvalue weighted by atomic mass is 9.72. The highest BCUT2D eigenvalue weighted by atomic mass is 79.9. The number of hydrogen-bond donors (Lipinski definition) is 0. The van der Waals surface area contributed by atoms with Gasteiger partial charge in [0.2, 0.25) is 5.91 Å². The minimum Gasteiger partial charge on any atom is -0.460 e. The maximum Gasteiger partial charge on any atom is 0.310 e. The van der Waals surface area contributed by atoms with Crippen LogP contribution in [0.5, 0.6) is 0 Å². The second kappa shape index (κ2) is 5.50. The van der Waals surface area contributed by atoms with E-state index in [0.29, 0.717) is 10.2 Å². The maximum absolute atomic E-state index is 12.7. The lowest BCUT2D eigenvalue weighted by Crippen LogP contribution is -2.50. The van der Waals surface area contributed by atoms with E-state index in [9.17, 15) is 9.59 Å². The van der Waals surface area contributed by atoms with Crippen molar-refractivity contribution in [3.05, 3.63) is 0 Å². The zero-order valence-electron chi connectivity index (χ0n) is 13.7. The van der Waals surface area contributed by atoms with Crippen molar-refractivity contribution in [3.8, 4) is 0 Å². The van der Waals surface area contributed by atoms with Crippen molar-refractivity contribution in [2.24, 2.45) is 17.3 Å². The number of rotatable bonds is 2. The third kappa shape index (κ3) is 3.06. The van der Waals surface area contributed by atoms with Gasteiger partial charge in [0.25, 0.3) is 0 Å². The third-order valence-corrected chi connectivity index (χ3v) is 6.76. The predicted molar refractivity (Wildman–Crippen MR) is 87.6 cm³/mol. The van der Waals surface area contributed by atoms with Gasteiger partial charge in [-0.3, -0.25) is 9.59 Å². The molecule has 0 bridgehead atoms. The molecule has 1 amide bonds. The van der Waals surface area contributed by atoms with Crippen molar-refractivity contribution >= 4 is 27.8 Å². The number of carbonyl (C=O) groups is 2. The quantitative estimate of drug-likeness (QED) is 0.553. The van der Waals surface area contributed by atoms with Crippen molar-refractivity contribution in [2.75, 3.05) is 13.1 Å². The smallest absolute Gasteiger partial charge is 0.310 e. The van der Waals surface area contributed by atoms with Gasteiger partial charge in [-0.2, -0.15) is 0 Å². The summed E-state index contributed by atoms with van der Waals surface area (Å²) in [5.74, 6) is -0.410. The molecule has 1 unspecified atom stereocenters. The summed E-state index contributed by atoms with van der Waals surface area (Å²) in [6.45, 7) is 7.31. The fraction of sp³-hybridized carbons (Fsp3) is 0.882. The van der Waals surface area contributed by atoms with Crippen LogP contribution in [0.3, 0.4) is 0 Å². The van der Waals surface area contributed by atoms with Crippen LogP contribution in [0.25, 0.3) is 0 Å². The number of ether oxygens (including phenoxy) is 1. The van der Waals surface area contributed by atoms with Gasteiger partial charge in [0.1, 0.15) is 5.60 Å². The van der Waals surface area contributed by atoms with Gasteiger partial charge < -0.3 is 9.64 Å². The summed E-state index contributed by atoms with van der Waals surface area (Å²) in [5, 5.41) is 0. The number of alkyl halides is 1. The van der Waals surface area contributed by atoms with Gasteiger partial charge in [-0.05, 0) is 58.3 Å². The van der Waals surface area contributed by atoms with E-state index in [0.717, 1.165) is 38.8 Å². The van der Waals surface area contributed by atoms with E-state index in [4.69, 9.17) is 4.74 Å². The summed E-state index contributed by atoms with van der Waals surface area (Å²) in [5.41, 5.74) is -0.0183. The summed E-state index contributed by atoms with van der Waals surface area (Å²) in [6, 6.07) is 0. The summed E-state index contributed by atoms with van der Waals surface area (Å²) >= 11 is 3.70. The first-order chi connectivity index (χ1) is 10.2. The Bertz CT molecular complexity index is 477. The molecule has 0 aromatic rings. The molecule has 4 nitrogen and oxygen atoms in total. The van der Waals surface area contributed by atoms with Crippen molar-refractivity contribution in [3.63, 3.8) is 0 Å². The second-order valence-electron chi connectivity index (χ2n) is 8.18. The molecule has 3 atom stereocenters. The SMILES string of the molecule is CC(C)(C)OC(=O)[C@@H]1CC[C@H]1C(=O)N1CCC2(CC1)CC2Br. The number of esters is 1. The van der Waals surface area contributed by atoms with Gasteiger partial charge in [-0.15, -0.1) is 0 Å². The van der Waals surface area contributed by atoms with E-state index in [1.165, 1.54) is 6.42 Å². The number of nitrogens with zero attached hydrogens (tertiary/aromatic N) is 1. The molecule has 0 aromatic heterocycles. The monoisotopic (exact) mass is 371 g/mol. The molecule has 0 aromatic carbocycles. The fourth-order valence-corrected chi connectivity index (χ4v) is 4.78. The zero-order valence-corrected chi connectivity index (χ0v) is 15.3. The molecule has 3 fully saturated rings. The van der Waals surface area contributed by atoms with Crippen LogP contribution in [0.1, 0.15) is 52.9 Å². The van der Waals surface area contributed by atoms with Crippen LogP contribution in [-0.2, 0) is 14.3 Å². The van der Waals surface area contributed by atoms with Crippen LogP contribution >= 0.6 is 15.9 Å². The van der Waals surface area contributed by atoms with Crippen LogP contribution in [0, 0.1) is 17.3 Å². The van der Waals surface area contributed by atoms with Crippen LogP contribution in [0.4, 0.5) is 0 Å². The summed E-state index contributed by atoms with van der Waals surface area (Å²) in [6.07, 6.45) is 5.05.